The molecule has 0 aromatic rings. The molecular formula is C17H23IO4. The Bertz CT molecular complexity index is 479. The van der Waals surface area contributed by atoms with E-state index in [4.69, 9.17) is 14.2 Å². The summed E-state index contributed by atoms with van der Waals surface area (Å²) in [7, 11) is 0. The van der Waals surface area contributed by atoms with E-state index < -0.39 is 0 Å². The Balaban J connectivity index is 1.48. The van der Waals surface area contributed by atoms with Crippen molar-refractivity contribution in [3.05, 3.63) is 12.3 Å². The average Bonchev–Trinajstić information content (AvgIpc) is 2.87. The number of hydrogen-bond acceptors (Lipinski definition) is 4. The highest BCUT2D eigenvalue weighted by atomic mass is 127. The van der Waals surface area contributed by atoms with E-state index in [0.717, 1.165) is 18.8 Å². The number of hydrogen-bond donors (Lipinski definition) is 0. The van der Waals surface area contributed by atoms with E-state index in [1.54, 1.807) is 6.26 Å². The Morgan fingerprint density at radius 1 is 1.23 bits per heavy atom. The van der Waals surface area contributed by atoms with Crippen LogP contribution < -0.4 is 0 Å². The summed E-state index contributed by atoms with van der Waals surface area (Å²) in [5.41, 5.74) is 0. The molecule has 5 rings (SSSR count). The molecule has 4 saturated carbocycles. The maximum atomic E-state index is 11.4. The number of fused-ring (bicyclic) bond motifs is 1. The normalized spacial score (nSPS) is 48.6. The minimum absolute atomic E-state index is 0.236. The molecule has 0 spiro atoms. The lowest BCUT2D eigenvalue weighted by molar-refractivity contribution is -0.137. The van der Waals surface area contributed by atoms with Crippen LogP contribution in [0.3, 0.4) is 0 Å². The Labute approximate surface area is 145 Å². The number of esters is 1. The summed E-state index contributed by atoms with van der Waals surface area (Å²) in [5.74, 6) is 2.42. The highest BCUT2D eigenvalue weighted by Gasteiger charge is 2.64. The number of halogens is 1. The van der Waals surface area contributed by atoms with Crippen molar-refractivity contribution in [3.63, 3.8) is 0 Å². The van der Waals surface area contributed by atoms with Crippen LogP contribution in [0.5, 0.6) is 0 Å². The molecule has 0 N–H and O–H groups in total. The van der Waals surface area contributed by atoms with E-state index in [9.17, 15) is 4.79 Å². The van der Waals surface area contributed by atoms with Crippen molar-refractivity contribution in [2.24, 2.45) is 23.7 Å². The summed E-state index contributed by atoms with van der Waals surface area (Å²) in [6.45, 7) is 2.21. The summed E-state index contributed by atoms with van der Waals surface area (Å²) in [5, 5.41) is 0. The third kappa shape index (κ3) is 2.30. The lowest BCUT2D eigenvalue weighted by atomic mass is 9.54. The van der Waals surface area contributed by atoms with E-state index in [1.807, 2.05) is 6.92 Å². The van der Waals surface area contributed by atoms with Gasteiger partial charge in [-0.05, 0) is 50.4 Å². The van der Waals surface area contributed by atoms with Crippen LogP contribution in [0.4, 0.5) is 0 Å². The van der Waals surface area contributed by atoms with Gasteiger partial charge in [-0.3, -0.25) is 0 Å². The molecule has 4 nitrogen and oxygen atoms in total. The minimum atomic E-state index is -0.322. The van der Waals surface area contributed by atoms with Gasteiger partial charge in [-0.25, -0.2) is 4.79 Å². The summed E-state index contributed by atoms with van der Waals surface area (Å²) in [4.78, 5) is 11.4. The number of ether oxygens (including phenoxy) is 3. The molecule has 7 unspecified atom stereocenters. The number of alkyl halides is 1. The van der Waals surface area contributed by atoms with Crippen LogP contribution in [0, 0.1) is 23.7 Å². The third-order valence-electron chi connectivity index (χ3n) is 6.08. The van der Waals surface area contributed by atoms with Gasteiger partial charge in [0, 0.05) is 9.84 Å². The topological polar surface area (TPSA) is 44.8 Å². The predicted molar refractivity (Wildman–Crippen MR) is 89.5 cm³/mol. The lowest BCUT2D eigenvalue weighted by Crippen LogP contribution is -2.56. The highest BCUT2D eigenvalue weighted by Crippen LogP contribution is 2.62. The van der Waals surface area contributed by atoms with Gasteiger partial charge in [0.25, 0.3) is 0 Å². The zero-order valence-electron chi connectivity index (χ0n) is 12.8. The molecule has 1 heterocycles. The van der Waals surface area contributed by atoms with Gasteiger partial charge < -0.3 is 14.2 Å². The van der Waals surface area contributed by atoms with Crippen molar-refractivity contribution in [2.45, 2.75) is 54.8 Å². The molecular weight excluding hydrogens is 395 g/mol. The monoisotopic (exact) mass is 418 g/mol. The minimum Gasteiger partial charge on any atom is -0.497 e. The smallest absolute Gasteiger partial charge is 0.333 e. The number of carbonyl (C=O) groups excluding carboxylic acids is 1. The van der Waals surface area contributed by atoms with Crippen molar-refractivity contribution in [3.8, 4) is 0 Å². The fourth-order valence-electron chi connectivity index (χ4n) is 5.42. The molecule has 1 saturated heterocycles. The van der Waals surface area contributed by atoms with Gasteiger partial charge in [0.05, 0.1) is 31.2 Å². The van der Waals surface area contributed by atoms with Crippen LogP contribution in [0.2, 0.25) is 0 Å². The predicted octanol–water partition coefficient (Wildman–Crippen LogP) is 3.09. The van der Waals surface area contributed by atoms with Crippen LogP contribution in [0.1, 0.15) is 32.6 Å². The molecule has 5 heteroatoms. The third-order valence-corrected chi connectivity index (χ3v) is 7.71. The molecule has 5 fully saturated rings. The maximum Gasteiger partial charge on any atom is 0.333 e. The second kappa shape index (κ2) is 5.96. The van der Waals surface area contributed by atoms with Gasteiger partial charge in [-0.1, -0.05) is 22.6 Å². The first kappa shape index (κ1) is 15.2. The fraction of sp³-hybridized carbons (Fsp3) is 0.824. The molecule has 0 aromatic carbocycles. The van der Waals surface area contributed by atoms with Gasteiger partial charge in [0.15, 0.2) is 0 Å². The summed E-state index contributed by atoms with van der Waals surface area (Å²) in [6.07, 6.45) is 8.93. The van der Waals surface area contributed by atoms with Crippen molar-refractivity contribution in [1.82, 2.24) is 0 Å². The first-order valence-corrected chi connectivity index (χ1v) is 9.73. The quantitative estimate of drug-likeness (QED) is 0.232. The second-order valence-electron chi connectivity index (χ2n) is 6.95. The molecule has 4 aliphatic carbocycles. The van der Waals surface area contributed by atoms with Crippen molar-refractivity contribution in [1.29, 1.82) is 0 Å². The molecule has 22 heavy (non-hydrogen) atoms. The molecule has 1 aliphatic heterocycles. The van der Waals surface area contributed by atoms with E-state index in [0.29, 0.717) is 40.5 Å². The van der Waals surface area contributed by atoms with Crippen molar-refractivity contribution >= 4 is 28.6 Å². The molecule has 0 aromatic heterocycles. The van der Waals surface area contributed by atoms with Gasteiger partial charge >= 0.3 is 5.97 Å². The molecule has 4 bridgehead atoms. The Morgan fingerprint density at radius 3 is 2.86 bits per heavy atom. The number of carbonyl (C=O) groups is 1. The van der Waals surface area contributed by atoms with Crippen LogP contribution in [0.25, 0.3) is 0 Å². The SMILES string of the molecule is CCOC(=O)/C=C/O[C@H]1CCC2OC3C(I)C4CCC3C2C41. The summed E-state index contributed by atoms with van der Waals surface area (Å²) in [6, 6.07) is 0. The standard InChI is InChI=1S/C17H23IO4/c1-2-20-13(19)7-8-21-11-5-6-12-15-10-4-3-9(14(11)15)16(18)17(10)22-12/h7-12,14-17H,2-6H2,1H3/b8-7+/t9?,10?,11-,12?,14?,15?,16?,17?/m0/s1. The van der Waals surface area contributed by atoms with Crippen LogP contribution in [-0.4, -0.2) is 34.8 Å². The van der Waals surface area contributed by atoms with E-state index in [2.05, 4.69) is 22.6 Å². The van der Waals surface area contributed by atoms with Crippen LogP contribution in [0.15, 0.2) is 12.3 Å². The largest absolute Gasteiger partial charge is 0.497 e. The fourth-order valence-corrected chi connectivity index (χ4v) is 6.96. The molecule has 8 atom stereocenters. The maximum absolute atomic E-state index is 11.4. The van der Waals surface area contributed by atoms with Gasteiger partial charge in [0.1, 0.15) is 6.10 Å². The summed E-state index contributed by atoms with van der Waals surface area (Å²) >= 11 is 2.61. The van der Waals surface area contributed by atoms with E-state index >= 15 is 0 Å². The van der Waals surface area contributed by atoms with E-state index in [-0.39, 0.29) is 12.1 Å². The Morgan fingerprint density at radius 2 is 2.05 bits per heavy atom. The Kier molecular flexibility index (Phi) is 4.13. The molecule has 5 aliphatic rings. The first-order valence-electron chi connectivity index (χ1n) is 8.49. The van der Waals surface area contributed by atoms with Crippen LogP contribution >= 0.6 is 22.6 Å². The first-order chi connectivity index (χ1) is 10.7. The van der Waals surface area contributed by atoms with Crippen molar-refractivity contribution in [2.75, 3.05) is 6.61 Å². The summed E-state index contributed by atoms with van der Waals surface area (Å²) < 4.78 is 17.9. The second-order valence-corrected chi connectivity index (χ2v) is 8.39. The van der Waals surface area contributed by atoms with Gasteiger partial charge in [-0.15, -0.1) is 0 Å². The average molecular weight is 418 g/mol. The zero-order chi connectivity index (χ0) is 15.3. The molecule has 122 valence electrons. The highest BCUT2D eigenvalue weighted by molar-refractivity contribution is 14.1. The lowest BCUT2D eigenvalue weighted by Gasteiger charge is -2.53. The van der Waals surface area contributed by atoms with Gasteiger partial charge in [0.2, 0.25) is 0 Å². The van der Waals surface area contributed by atoms with E-state index in [1.165, 1.54) is 18.9 Å². The molecule has 0 amide bonds. The molecule has 0 radical (unpaired) electrons. The van der Waals surface area contributed by atoms with Crippen molar-refractivity contribution < 1.29 is 19.0 Å². The Hall–Kier alpha value is -0.300. The van der Waals surface area contributed by atoms with Gasteiger partial charge in [-0.2, -0.15) is 0 Å². The van der Waals surface area contributed by atoms with Crippen LogP contribution in [-0.2, 0) is 19.0 Å². The zero-order valence-corrected chi connectivity index (χ0v) is 15.0. The number of rotatable bonds is 4.